The topological polar surface area (TPSA) is 97.3 Å². The maximum atomic E-state index is 11.3. The van der Waals surface area contributed by atoms with Crippen molar-refractivity contribution in [1.82, 2.24) is 4.98 Å². The number of nitro groups is 1. The average Bonchev–Trinajstić information content (AvgIpc) is 2.93. The van der Waals surface area contributed by atoms with Crippen LogP contribution in [0.3, 0.4) is 0 Å². The largest absolute Gasteiger partial charge is 0.464 e. The monoisotopic (exact) mass is 353 g/mol. The van der Waals surface area contributed by atoms with Crippen LogP contribution in [0.5, 0.6) is 0 Å². The number of nitrogens with zero attached hydrogens (tertiary/aromatic N) is 1. The third-order valence-electron chi connectivity index (χ3n) is 2.78. The van der Waals surface area contributed by atoms with Crippen LogP contribution in [0, 0.1) is 10.1 Å². The van der Waals surface area contributed by atoms with Crippen LogP contribution in [0.1, 0.15) is 16.2 Å². The molecule has 0 atom stereocenters. The number of aromatic nitrogens is 1. The Hall–Kier alpha value is -2.35. The summed E-state index contributed by atoms with van der Waals surface area (Å²) in [5, 5.41) is 13.8. The molecule has 0 radical (unpaired) electrons. The number of esters is 1. The fourth-order valence-electron chi connectivity index (χ4n) is 1.72. The minimum atomic E-state index is -0.456. The zero-order valence-corrected chi connectivity index (χ0v) is 12.6. The van der Waals surface area contributed by atoms with Crippen LogP contribution in [-0.2, 0) is 11.3 Å². The predicted octanol–water partition coefficient (Wildman–Crippen LogP) is 3.08. The van der Waals surface area contributed by atoms with Crippen LogP contribution in [-0.4, -0.2) is 23.0 Å². The van der Waals surface area contributed by atoms with E-state index in [-0.39, 0.29) is 5.69 Å². The van der Waals surface area contributed by atoms with Gasteiger partial charge in [0.25, 0.3) is 5.69 Å². The van der Waals surface area contributed by atoms with Crippen LogP contribution in [0.2, 0.25) is 0 Å². The van der Waals surface area contributed by atoms with Crippen molar-refractivity contribution < 1.29 is 14.5 Å². The number of hydrogen-bond acceptors (Lipinski definition) is 5. The van der Waals surface area contributed by atoms with Gasteiger partial charge in [0, 0.05) is 28.0 Å². The minimum absolute atomic E-state index is 0.0141. The molecule has 2 rings (SSSR count). The van der Waals surface area contributed by atoms with E-state index in [9.17, 15) is 14.9 Å². The molecule has 21 heavy (non-hydrogen) atoms. The Morgan fingerprint density at radius 3 is 2.81 bits per heavy atom. The van der Waals surface area contributed by atoms with Crippen LogP contribution < -0.4 is 5.32 Å². The molecule has 7 nitrogen and oxygen atoms in total. The van der Waals surface area contributed by atoms with Gasteiger partial charge in [-0.3, -0.25) is 10.1 Å². The first-order valence-electron chi connectivity index (χ1n) is 5.95. The fraction of sp³-hybridized carbons (Fsp3) is 0.154. The summed E-state index contributed by atoms with van der Waals surface area (Å²) in [4.78, 5) is 24.4. The summed E-state index contributed by atoms with van der Waals surface area (Å²) < 4.78 is 5.20. The highest BCUT2D eigenvalue weighted by Gasteiger charge is 2.10. The molecule has 0 aliphatic rings. The molecule has 0 bridgehead atoms. The molecule has 0 saturated carbocycles. The number of carbonyl (C=O) groups is 1. The zero-order chi connectivity index (χ0) is 15.4. The number of rotatable bonds is 5. The van der Waals surface area contributed by atoms with Gasteiger partial charge in [-0.15, -0.1) is 0 Å². The summed E-state index contributed by atoms with van der Waals surface area (Å²) in [7, 11) is 1.31. The van der Waals surface area contributed by atoms with Crippen molar-refractivity contribution in [1.29, 1.82) is 0 Å². The van der Waals surface area contributed by atoms with E-state index in [0.29, 0.717) is 16.7 Å². The van der Waals surface area contributed by atoms with E-state index in [1.54, 1.807) is 18.2 Å². The van der Waals surface area contributed by atoms with Crippen LogP contribution in [0.4, 0.5) is 11.4 Å². The van der Waals surface area contributed by atoms with E-state index < -0.39 is 10.9 Å². The Labute approximate surface area is 128 Å². The van der Waals surface area contributed by atoms with Gasteiger partial charge in [-0.2, -0.15) is 0 Å². The zero-order valence-electron chi connectivity index (χ0n) is 11.1. The number of carbonyl (C=O) groups excluding carboxylic acids is 1. The second kappa shape index (κ2) is 6.40. The second-order valence-electron chi connectivity index (χ2n) is 4.16. The van der Waals surface area contributed by atoms with Gasteiger partial charge in [0.1, 0.15) is 5.69 Å². The van der Waals surface area contributed by atoms with Gasteiger partial charge in [-0.1, -0.05) is 0 Å². The van der Waals surface area contributed by atoms with Gasteiger partial charge >= 0.3 is 5.97 Å². The molecule has 1 aromatic heterocycles. The maximum absolute atomic E-state index is 11.3. The molecular formula is C13H12BrN3O4. The molecular weight excluding hydrogens is 342 g/mol. The lowest BCUT2D eigenvalue weighted by Crippen LogP contribution is -2.04. The highest BCUT2D eigenvalue weighted by atomic mass is 79.9. The fourth-order valence-corrected chi connectivity index (χ4v) is 2.23. The number of halogens is 1. The number of anilines is 1. The molecule has 8 heteroatoms. The molecule has 1 heterocycles. The Morgan fingerprint density at radius 1 is 1.43 bits per heavy atom. The molecule has 0 amide bonds. The Balaban J connectivity index is 2.04. The lowest BCUT2D eigenvalue weighted by Gasteiger charge is -2.07. The molecule has 110 valence electrons. The molecule has 0 unspecified atom stereocenters. The molecule has 0 spiro atoms. The van der Waals surface area contributed by atoms with Gasteiger partial charge in [0.15, 0.2) is 0 Å². The summed E-state index contributed by atoms with van der Waals surface area (Å²) in [5.41, 5.74) is 1.90. The standard InChI is InChI=1S/C13H12BrN3O4/c1-21-13(18)12-4-2-8(16-12)7-15-11-5-3-9(17(19)20)6-10(11)14/h2-6,15-16H,7H2,1H3. The van der Waals surface area contributed by atoms with E-state index in [4.69, 9.17) is 0 Å². The number of nitro benzene ring substituents is 1. The molecule has 0 fully saturated rings. The number of H-pyrrole nitrogens is 1. The molecule has 0 aliphatic heterocycles. The first-order valence-corrected chi connectivity index (χ1v) is 6.74. The number of benzene rings is 1. The summed E-state index contributed by atoms with van der Waals surface area (Å²) >= 11 is 3.28. The van der Waals surface area contributed by atoms with Crippen molar-refractivity contribution in [3.05, 3.63) is 56.3 Å². The van der Waals surface area contributed by atoms with Gasteiger partial charge in [-0.05, 0) is 34.1 Å². The second-order valence-corrected chi connectivity index (χ2v) is 5.02. The van der Waals surface area contributed by atoms with Crippen LogP contribution in [0.25, 0.3) is 0 Å². The molecule has 0 aliphatic carbocycles. The molecule has 2 aromatic rings. The first kappa shape index (κ1) is 15.0. The van der Waals surface area contributed by atoms with Crippen LogP contribution in [0.15, 0.2) is 34.8 Å². The van der Waals surface area contributed by atoms with Crippen molar-refractivity contribution in [3.8, 4) is 0 Å². The number of hydrogen-bond donors (Lipinski definition) is 2. The van der Waals surface area contributed by atoms with Gasteiger partial charge < -0.3 is 15.0 Å². The van der Waals surface area contributed by atoms with Crippen molar-refractivity contribution in [3.63, 3.8) is 0 Å². The molecule has 0 saturated heterocycles. The summed E-state index contributed by atoms with van der Waals surface area (Å²) in [5.74, 6) is -0.433. The van der Waals surface area contributed by atoms with Crippen molar-refractivity contribution in [2.75, 3.05) is 12.4 Å². The quantitative estimate of drug-likeness (QED) is 0.489. The Kier molecular flexibility index (Phi) is 4.59. The lowest BCUT2D eigenvalue weighted by atomic mass is 10.3. The number of methoxy groups -OCH3 is 1. The van der Waals surface area contributed by atoms with E-state index in [1.165, 1.54) is 19.2 Å². The lowest BCUT2D eigenvalue weighted by molar-refractivity contribution is -0.384. The summed E-state index contributed by atoms with van der Waals surface area (Å²) in [6.45, 7) is 0.438. The van der Waals surface area contributed by atoms with Gasteiger partial charge in [0.05, 0.1) is 18.6 Å². The first-order chi connectivity index (χ1) is 10.0. The smallest absolute Gasteiger partial charge is 0.354 e. The van der Waals surface area contributed by atoms with E-state index >= 15 is 0 Å². The van der Waals surface area contributed by atoms with E-state index in [2.05, 4.69) is 31.0 Å². The van der Waals surface area contributed by atoms with Crippen LogP contribution >= 0.6 is 15.9 Å². The number of ether oxygens (including phenoxy) is 1. The van der Waals surface area contributed by atoms with Gasteiger partial charge in [0.2, 0.25) is 0 Å². The van der Waals surface area contributed by atoms with Crippen molar-refractivity contribution in [2.24, 2.45) is 0 Å². The van der Waals surface area contributed by atoms with Crippen molar-refractivity contribution in [2.45, 2.75) is 6.54 Å². The Bertz CT molecular complexity index is 684. The predicted molar refractivity (Wildman–Crippen MR) is 80.3 cm³/mol. The third-order valence-corrected chi connectivity index (χ3v) is 3.44. The highest BCUT2D eigenvalue weighted by Crippen LogP contribution is 2.27. The SMILES string of the molecule is COC(=O)c1ccc(CNc2ccc([N+](=O)[O-])cc2Br)[nH]1. The van der Waals surface area contributed by atoms with Gasteiger partial charge in [-0.25, -0.2) is 4.79 Å². The number of aromatic amines is 1. The number of non-ortho nitro benzene ring substituents is 1. The van der Waals surface area contributed by atoms with Crippen molar-refractivity contribution >= 4 is 33.3 Å². The third kappa shape index (κ3) is 3.60. The summed E-state index contributed by atoms with van der Waals surface area (Å²) in [6, 6.07) is 7.86. The Morgan fingerprint density at radius 2 is 2.19 bits per heavy atom. The summed E-state index contributed by atoms with van der Waals surface area (Å²) in [6.07, 6.45) is 0. The molecule has 1 aromatic carbocycles. The van der Waals surface area contributed by atoms with E-state index in [1.807, 2.05) is 0 Å². The van der Waals surface area contributed by atoms with E-state index in [0.717, 1.165) is 11.4 Å². The average molecular weight is 354 g/mol. The highest BCUT2D eigenvalue weighted by molar-refractivity contribution is 9.10. The molecule has 2 N–H and O–H groups in total. The maximum Gasteiger partial charge on any atom is 0.354 e. The number of nitrogens with one attached hydrogen (secondary N) is 2. The normalized spacial score (nSPS) is 10.2. The minimum Gasteiger partial charge on any atom is -0.464 e.